The predicted molar refractivity (Wildman–Crippen MR) is 169 cm³/mol. The summed E-state index contributed by atoms with van der Waals surface area (Å²) in [6.07, 6.45) is 6.02. The highest BCUT2D eigenvalue weighted by atomic mass is 16.4. The fourth-order valence-electron chi connectivity index (χ4n) is 6.21. The van der Waals surface area contributed by atoms with Gasteiger partial charge in [-0.15, -0.1) is 10.2 Å². The van der Waals surface area contributed by atoms with Gasteiger partial charge in [-0.25, -0.2) is 0 Å². The molecule has 0 unspecified atom stereocenters. The van der Waals surface area contributed by atoms with Gasteiger partial charge in [-0.3, -0.25) is 0 Å². The number of nitriles is 2. The number of hydrogen-bond acceptors (Lipinski definition) is 5. The molecule has 4 aromatic carbocycles. The van der Waals surface area contributed by atoms with Gasteiger partial charge in [0.05, 0.1) is 28.8 Å². The fraction of sp³-hybridized carbons (Fsp3) is 0.0556. The summed E-state index contributed by atoms with van der Waals surface area (Å²) in [4.78, 5) is 6.77. The minimum atomic E-state index is -0.191. The van der Waals surface area contributed by atoms with Gasteiger partial charge < -0.3 is 19.0 Å². The van der Waals surface area contributed by atoms with Crippen molar-refractivity contribution in [1.29, 1.82) is 10.5 Å². The Morgan fingerprint density at radius 2 is 1.34 bits per heavy atom. The number of nitrogens with one attached hydrogen (secondary N) is 2. The Labute approximate surface area is 251 Å². The lowest BCUT2D eigenvalue weighted by atomic mass is 9.84. The molecule has 0 saturated carbocycles. The molecule has 8 heteroatoms. The minimum Gasteiger partial charge on any atom is -0.416 e. The number of para-hydroxylation sites is 1. The number of aromatic amines is 2. The molecule has 0 aliphatic heterocycles. The number of aryl methyl sites for hydroxylation is 1. The van der Waals surface area contributed by atoms with Crippen LogP contribution in [0.4, 0.5) is 0 Å². The number of aromatic nitrogens is 5. The van der Waals surface area contributed by atoms with E-state index in [4.69, 9.17) is 4.42 Å². The number of hydrogen-bond donors (Lipinski definition) is 2. The van der Waals surface area contributed by atoms with E-state index < -0.39 is 0 Å². The van der Waals surface area contributed by atoms with Crippen LogP contribution < -0.4 is 0 Å². The van der Waals surface area contributed by atoms with Crippen LogP contribution in [0.5, 0.6) is 0 Å². The maximum atomic E-state index is 9.61. The van der Waals surface area contributed by atoms with Crippen LogP contribution in [0.25, 0.3) is 55.6 Å². The van der Waals surface area contributed by atoms with Crippen LogP contribution in [0.3, 0.4) is 0 Å². The van der Waals surface area contributed by atoms with Gasteiger partial charge >= 0.3 is 0 Å². The lowest BCUT2D eigenvalue weighted by molar-refractivity contribution is 0.585. The zero-order valence-electron chi connectivity index (χ0n) is 23.5. The van der Waals surface area contributed by atoms with Gasteiger partial charge in [0.25, 0.3) is 0 Å². The van der Waals surface area contributed by atoms with E-state index in [0.717, 1.165) is 60.5 Å². The first-order chi connectivity index (χ1) is 21.6. The topological polar surface area (TPSA) is 123 Å². The second-order valence-corrected chi connectivity index (χ2v) is 10.9. The monoisotopic (exact) mass is 569 g/mol. The van der Waals surface area contributed by atoms with Crippen LogP contribution in [-0.2, 0) is 7.05 Å². The molecule has 0 bridgehead atoms. The highest BCUT2D eigenvalue weighted by molar-refractivity contribution is 5.94. The van der Waals surface area contributed by atoms with Gasteiger partial charge in [-0.05, 0) is 71.3 Å². The molecule has 0 atom stereocenters. The largest absolute Gasteiger partial charge is 0.416 e. The van der Waals surface area contributed by atoms with E-state index in [2.05, 4.69) is 61.1 Å². The Bertz CT molecular complexity index is 2350. The molecule has 0 amide bonds. The molecule has 44 heavy (non-hydrogen) atoms. The third-order valence-corrected chi connectivity index (χ3v) is 8.35. The van der Waals surface area contributed by atoms with Crippen molar-refractivity contribution < 1.29 is 4.42 Å². The third-order valence-electron chi connectivity index (χ3n) is 8.35. The molecule has 8 nitrogen and oxygen atoms in total. The Kier molecular flexibility index (Phi) is 5.68. The van der Waals surface area contributed by atoms with Crippen molar-refractivity contribution in [3.05, 3.63) is 131 Å². The van der Waals surface area contributed by atoms with E-state index in [0.29, 0.717) is 22.9 Å². The smallest absolute Gasteiger partial charge is 0.250 e. The van der Waals surface area contributed by atoms with Crippen LogP contribution in [0.1, 0.15) is 33.7 Å². The molecule has 4 aromatic heterocycles. The van der Waals surface area contributed by atoms with Crippen LogP contribution in [0.2, 0.25) is 0 Å². The molecular formula is C36H23N7O. The Morgan fingerprint density at radius 1 is 0.727 bits per heavy atom. The Morgan fingerprint density at radius 3 is 1.98 bits per heavy atom. The van der Waals surface area contributed by atoms with Crippen molar-refractivity contribution in [2.75, 3.05) is 0 Å². The van der Waals surface area contributed by atoms with E-state index in [-0.39, 0.29) is 5.92 Å². The lowest BCUT2D eigenvalue weighted by Crippen LogP contribution is -2.02. The molecule has 8 aromatic rings. The summed E-state index contributed by atoms with van der Waals surface area (Å²) in [6, 6.07) is 32.1. The van der Waals surface area contributed by atoms with E-state index in [1.165, 1.54) is 0 Å². The van der Waals surface area contributed by atoms with Crippen LogP contribution in [0.15, 0.2) is 108 Å². The zero-order valence-corrected chi connectivity index (χ0v) is 23.5. The number of fused-ring (bicyclic) bond motifs is 3. The SMILES string of the molecule is Cn1cc(-c2nnc(-c3ccc(C(c4c[nH]c5ccc(C#N)cc45)c4c[nH]c5ccc(C#N)cc45)cc3)o2)c2ccccc21. The first kappa shape index (κ1) is 25.3. The van der Waals surface area contributed by atoms with E-state index in [9.17, 15) is 10.5 Å². The van der Waals surface area contributed by atoms with Gasteiger partial charge in [0.1, 0.15) is 0 Å². The molecule has 0 saturated heterocycles. The summed E-state index contributed by atoms with van der Waals surface area (Å²) >= 11 is 0. The molecule has 208 valence electrons. The van der Waals surface area contributed by atoms with Gasteiger partial charge in [0.15, 0.2) is 0 Å². The van der Waals surface area contributed by atoms with Crippen molar-refractivity contribution in [2.45, 2.75) is 5.92 Å². The molecular weight excluding hydrogens is 546 g/mol. The number of benzene rings is 4. The Hall–Kier alpha value is -6.38. The second-order valence-electron chi connectivity index (χ2n) is 10.9. The van der Waals surface area contributed by atoms with Crippen LogP contribution >= 0.6 is 0 Å². The average Bonchev–Trinajstić information content (AvgIpc) is 3.87. The maximum absolute atomic E-state index is 9.61. The first-order valence-electron chi connectivity index (χ1n) is 14.1. The molecule has 0 spiro atoms. The number of H-pyrrole nitrogens is 2. The second kappa shape index (κ2) is 9.87. The fourth-order valence-corrected chi connectivity index (χ4v) is 6.21. The molecule has 2 N–H and O–H groups in total. The standard InChI is InChI=1S/C36H23N7O/c1-43-20-30(25-4-2-3-5-33(25)43)36-42-41-35(44-36)24-10-8-23(9-11-24)34(28-18-39-31-12-6-21(16-37)14-26(28)31)29-19-40-32-13-7-22(17-38)15-27(29)32/h2-15,18-20,34,39-40H,1H3. The van der Waals surface area contributed by atoms with Crippen LogP contribution in [-0.4, -0.2) is 24.7 Å². The van der Waals surface area contributed by atoms with E-state index in [1.807, 2.05) is 86.3 Å². The summed E-state index contributed by atoms with van der Waals surface area (Å²) in [5, 5.41) is 31.0. The molecule has 0 fully saturated rings. The van der Waals surface area contributed by atoms with Gasteiger partial charge in [0, 0.05) is 69.8 Å². The average molecular weight is 570 g/mol. The van der Waals surface area contributed by atoms with Crippen molar-refractivity contribution in [3.63, 3.8) is 0 Å². The summed E-state index contributed by atoms with van der Waals surface area (Å²) < 4.78 is 8.24. The van der Waals surface area contributed by atoms with E-state index in [1.54, 1.807) is 0 Å². The van der Waals surface area contributed by atoms with Crippen molar-refractivity contribution in [3.8, 4) is 35.0 Å². The predicted octanol–water partition coefficient (Wildman–Crippen LogP) is 7.78. The molecule has 8 rings (SSSR count). The van der Waals surface area contributed by atoms with Crippen molar-refractivity contribution in [1.82, 2.24) is 24.7 Å². The van der Waals surface area contributed by atoms with E-state index >= 15 is 0 Å². The first-order valence-corrected chi connectivity index (χ1v) is 14.1. The molecule has 4 heterocycles. The highest BCUT2D eigenvalue weighted by Gasteiger charge is 2.24. The van der Waals surface area contributed by atoms with Gasteiger partial charge in [-0.1, -0.05) is 30.3 Å². The highest BCUT2D eigenvalue weighted by Crippen LogP contribution is 2.40. The van der Waals surface area contributed by atoms with Crippen LogP contribution in [0, 0.1) is 22.7 Å². The lowest BCUT2D eigenvalue weighted by Gasteiger charge is -2.18. The normalized spacial score (nSPS) is 11.5. The van der Waals surface area contributed by atoms with Crippen molar-refractivity contribution >= 4 is 32.7 Å². The summed E-state index contributed by atoms with van der Waals surface area (Å²) in [5.74, 6) is 0.717. The van der Waals surface area contributed by atoms with Gasteiger partial charge in [-0.2, -0.15) is 10.5 Å². The third kappa shape index (κ3) is 3.98. The minimum absolute atomic E-state index is 0.191. The number of rotatable bonds is 5. The quantitative estimate of drug-likeness (QED) is 0.219. The summed E-state index contributed by atoms with van der Waals surface area (Å²) in [6.45, 7) is 0. The summed E-state index contributed by atoms with van der Waals surface area (Å²) in [5.41, 5.74) is 8.98. The summed E-state index contributed by atoms with van der Waals surface area (Å²) in [7, 11) is 2.00. The zero-order chi connectivity index (χ0) is 29.8. The molecule has 0 aliphatic rings. The van der Waals surface area contributed by atoms with Crippen molar-refractivity contribution in [2.24, 2.45) is 7.05 Å². The molecule has 0 radical (unpaired) electrons. The van der Waals surface area contributed by atoms with Gasteiger partial charge in [0.2, 0.25) is 11.8 Å². The Balaban J connectivity index is 1.23. The molecule has 0 aliphatic carbocycles. The number of nitrogens with zero attached hydrogens (tertiary/aromatic N) is 5. The maximum Gasteiger partial charge on any atom is 0.250 e.